The van der Waals surface area contributed by atoms with Crippen molar-refractivity contribution in [2.45, 2.75) is 69.0 Å². The molecule has 2 heterocycles. The highest BCUT2D eigenvalue weighted by Gasteiger charge is 2.46. The zero-order chi connectivity index (χ0) is 22.5. The quantitative estimate of drug-likeness (QED) is 0.298. The Morgan fingerprint density at radius 1 is 1.00 bits per heavy atom. The molecule has 31 heavy (non-hydrogen) atoms. The van der Waals surface area contributed by atoms with Crippen LogP contribution < -0.4 is 10.1 Å². The van der Waals surface area contributed by atoms with Crippen molar-refractivity contribution in [1.82, 2.24) is 0 Å². The van der Waals surface area contributed by atoms with Crippen LogP contribution in [0.3, 0.4) is 0 Å². The van der Waals surface area contributed by atoms with E-state index in [1.165, 1.54) is 6.92 Å². The molecule has 0 aromatic heterocycles. The Bertz CT molecular complexity index is 714. The third kappa shape index (κ3) is 5.90. The van der Waals surface area contributed by atoms with Gasteiger partial charge in [-0.25, -0.2) is 0 Å². The number of nitrogens with one attached hydrogen (secondary N) is 1. The van der Waals surface area contributed by atoms with Gasteiger partial charge in [-0.2, -0.15) is 0 Å². The molecule has 2 aliphatic rings. The van der Waals surface area contributed by atoms with Gasteiger partial charge in [0.25, 0.3) is 0 Å². The van der Waals surface area contributed by atoms with Gasteiger partial charge < -0.3 is 49.8 Å². The van der Waals surface area contributed by atoms with Crippen LogP contribution in [0.2, 0.25) is 0 Å². The molecule has 6 N–H and O–H groups in total. The number of hydrogen-bond acceptors (Lipinski definition) is 10. The first kappa shape index (κ1) is 23.8. The van der Waals surface area contributed by atoms with Crippen molar-refractivity contribution in [3.8, 4) is 5.75 Å². The zero-order valence-electron chi connectivity index (χ0n) is 17.0. The summed E-state index contributed by atoms with van der Waals surface area (Å²) in [6.07, 6.45) is -8.27. The molecule has 2 saturated heterocycles. The Balaban J connectivity index is 1.56. The third-order valence-electron chi connectivity index (χ3n) is 5.21. The molecular weight excluding hydrogens is 414 g/mol. The molecule has 0 radical (unpaired) electrons. The Hall–Kier alpha value is -1.83. The predicted octanol–water partition coefficient (Wildman–Crippen LogP) is -1.29. The van der Waals surface area contributed by atoms with Crippen LogP contribution in [-0.4, -0.2) is 93.9 Å². The van der Waals surface area contributed by atoms with Gasteiger partial charge in [-0.15, -0.1) is 0 Å². The summed E-state index contributed by atoms with van der Waals surface area (Å²) in [6, 6.07) is 6.74. The fourth-order valence-electron chi connectivity index (χ4n) is 3.56. The van der Waals surface area contributed by atoms with Gasteiger partial charge in [0.15, 0.2) is 12.6 Å². The van der Waals surface area contributed by atoms with E-state index < -0.39 is 55.8 Å². The molecule has 1 aromatic rings. The average Bonchev–Trinajstić information content (AvgIpc) is 2.76. The second-order valence-corrected chi connectivity index (χ2v) is 7.56. The maximum atomic E-state index is 11.1. The number of hydrogen-bond donors (Lipinski definition) is 6. The normalized spacial score (nSPS) is 36.1. The molecular formula is C20H29NO10. The highest BCUT2D eigenvalue weighted by atomic mass is 16.7. The Morgan fingerprint density at radius 3 is 2.29 bits per heavy atom. The summed E-state index contributed by atoms with van der Waals surface area (Å²) in [7, 11) is 0. The summed E-state index contributed by atoms with van der Waals surface area (Å²) in [5.74, 6) is 0.338. The molecule has 2 fully saturated rings. The molecule has 0 saturated carbocycles. The summed E-state index contributed by atoms with van der Waals surface area (Å²) in [5.41, 5.74) is 0.630. The number of carbonyl (C=O) groups is 1. The molecule has 174 valence electrons. The van der Waals surface area contributed by atoms with Crippen LogP contribution in [0.15, 0.2) is 24.3 Å². The molecule has 2 unspecified atom stereocenters. The van der Waals surface area contributed by atoms with Crippen molar-refractivity contribution in [3.63, 3.8) is 0 Å². The van der Waals surface area contributed by atoms with Gasteiger partial charge in [0, 0.05) is 19.0 Å². The minimum absolute atomic E-state index is 0.180. The van der Waals surface area contributed by atoms with Crippen molar-refractivity contribution in [2.24, 2.45) is 0 Å². The van der Waals surface area contributed by atoms with Crippen LogP contribution in [0.25, 0.3) is 0 Å². The number of benzene rings is 1. The number of amides is 1. The SMILES string of the molecule is CC(=O)Nc1ccc(O[C@@H]2CC[C@H](O[C@@H]3OC(CO)[C@H](O)C(O)[C@H]3O)[C@@H](CO)O2)cc1. The van der Waals surface area contributed by atoms with Crippen LogP contribution in [0, 0.1) is 0 Å². The van der Waals surface area contributed by atoms with E-state index in [4.69, 9.17) is 18.9 Å². The maximum Gasteiger partial charge on any atom is 0.221 e. The van der Waals surface area contributed by atoms with E-state index in [0.29, 0.717) is 24.3 Å². The van der Waals surface area contributed by atoms with Crippen LogP contribution >= 0.6 is 0 Å². The van der Waals surface area contributed by atoms with Crippen LogP contribution in [0.5, 0.6) is 5.75 Å². The lowest BCUT2D eigenvalue weighted by atomic mass is 9.99. The Labute approximate surface area is 179 Å². The monoisotopic (exact) mass is 443 g/mol. The molecule has 0 bridgehead atoms. The lowest BCUT2D eigenvalue weighted by Gasteiger charge is -2.43. The predicted molar refractivity (Wildman–Crippen MR) is 105 cm³/mol. The van der Waals surface area contributed by atoms with Gasteiger partial charge in [-0.3, -0.25) is 4.79 Å². The average molecular weight is 443 g/mol. The van der Waals surface area contributed by atoms with E-state index in [1.807, 2.05) is 0 Å². The van der Waals surface area contributed by atoms with Crippen molar-refractivity contribution in [3.05, 3.63) is 24.3 Å². The van der Waals surface area contributed by atoms with E-state index in [1.54, 1.807) is 24.3 Å². The highest BCUT2D eigenvalue weighted by Crippen LogP contribution is 2.29. The number of aliphatic hydroxyl groups excluding tert-OH is 5. The van der Waals surface area contributed by atoms with Crippen LogP contribution in [0.4, 0.5) is 5.69 Å². The summed E-state index contributed by atoms with van der Waals surface area (Å²) >= 11 is 0. The van der Waals surface area contributed by atoms with Gasteiger partial charge >= 0.3 is 0 Å². The number of anilines is 1. The smallest absolute Gasteiger partial charge is 0.221 e. The number of rotatable bonds is 7. The number of aliphatic hydroxyl groups is 5. The fraction of sp³-hybridized carbons (Fsp3) is 0.650. The highest BCUT2D eigenvalue weighted by molar-refractivity contribution is 5.88. The van der Waals surface area contributed by atoms with Gasteiger partial charge in [0.05, 0.1) is 19.3 Å². The van der Waals surface area contributed by atoms with E-state index in [-0.39, 0.29) is 12.5 Å². The lowest BCUT2D eigenvalue weighted by molar-refractivity contribution is -0.329. The Morgan fingerprint density at radius 2 is 1.68 bits per heavy atom. The molecule has 0 aliphatic carbocycles. The Kier molecular flexibility index (Phi) is 8.19. The van der Waals surface area contributed by atoms with E-state index in [2.05, 4.69) is 5.32 Å². The van der Waals surface area contributed by atoms with Gasteiger partial charge in [-0.1, -0.05) is 0 Å². The summed E-state index contributed by atoms with van der Waals surface area (Å²) in [5, 5.41) is 51.6. The molecule has 1 aromatic carbocycles. The van der Waals surface area contributed by atoms with Crippen LogP contribution in [0.1, 0.15) is 19.8 Å². The molecule has 11 nitrogen and oxygen atoms in total. The largest absolute Gasteiger partial charge is 0.465 e. The molecule has 0 spiro atoms. The first-order valence-corrected chi connectivity index (χ1v) is 10.1. The number of carbonyl (C=O) groups excluding carboxylic acids is 1. The van der Waals surface area contributed by atoms with E-state index in [0.717, 1.165) is 0 Å². The first-order valence-electron chi connectivity index (χ1n) is 10.1. The molecule has 2 aliphatic heterocycles. The van der Waals surface area contributed by atoms with Gasteiger partial charge in [-0.05, 0) is 30.7 Å². The number of ether oxygens (including phenoxy) is 4. The minimum atomic E-state index is -1.55. The van der Waals surface area contributed by atoms with Crippen molar-refractivity contribution < 1.29 is 49.3 Å². The first-order chi connectivity index (χ1) is 14.8. The van der Waals surface area contributed by atoms with Crippen molar-refractivity contribution >= 4 is 11.6 Å². The molecule has 1 amide bonds. The molecule has 3 rings (SSSR count). The van der Waals surface area contributed by atoms with Gasteiger partial charge in [0.1, 0.15) is 36.3 Å². The van der Waals surface area contributed by atoms with Gasteiger partial charge in [0.2, 0.25) is 5.91 Å². The van der Waals surface area contributed by atoms with Crippen molar-refractivity contribution in [2.75, 3.05) is 18.5 Å². The van der Waals surface area contributed by atoms with E-state index in [9.17, 15) is 30.3 Å². The fourth-order valence-corrected chi connectivity index (χ4v) is 3.56. The molecule has 11 heteroatoms. The second-order valence-electron chi connectivity index (χ2n) is 7.56. The zero-order valence-corrected chi connectivity index (χ0v) is 17.0. The third-order valence-corrected chi connectivity index (χ3v) is 5.21. The summed E-state index contributed by atoms with van der Waals surface area (Å²) in [4.78, 5) is 11.1. The lowest BCUT2D eigenvalue weighted by Crippen LogP contribution is -2.60. The minimum Gasteiger partial charge on any atom is -0.465 e. The maximum absolute atomic E-state index is 11.1. The topological polar surface area (TPSA) is 167 Å². The van der Waals surface area contributed by atoms with E-state index >= 15 is 0 Å². The molecule has 8 atom stereocenters. The van der Waals surface area contributed by atoms with Crippen LogP contribution in [-0.2, 0) is 19.0 Å². The summed E-state index contributed by atoms with van der Waals surface area (Å²) in [6.45, 7) is 0.466. The van der Waals surface area contributed by atoms with Crippen molar-refractivity contribution in [1.29, 1.82) is 0 Å². The summed E-state index contributed by atoms with van der Waals surface area (Å²) < 4.78 is 22.6. The standard InChI is InChI=1S/C20H29NO10/c1-10(24)21-11-2-4-12(5-3-11)28-16-7-6-13(14(8-22)29-16)30-20-19(27)18(26)17(25)15(9-23)31-20/h2-5,13-20,22-23,25-27H,6-9H2,1H3,(H,21,24)/t13-,14+,15?,16-,17-,18?,19+,20+/m0/s1. The second kappa shape index (κ2) is 10.7.